The Morgan fingerprint density at radius 2 is 2.07 bits per heavy atom. The van der Waals surface area contributed by atoms with Gasteiger partial charge in [0, 0.05) is 30.7 Å². The van der Waals surface area contributed by atoms with Crippen LogP contribution in [0, 0.1) is 10.1 Å². The molecule has 0 radical (unpaired) electrons. The van der Waals surface area contributed by atoms with Crippen molar-refractivity contribution in [3.63, 3.8) is 0 Å². The maximum atomic E-state index is 12.6. The summed E-state index contributed by atoms with van der Waals surface area (Å²) in [5.74, 6) is -0.976. The van der Waals surface area contributed by atoms with Gasteiger partial charge in [0.15, 0.2) is 0 Å². The fraction of sp³-hybridized carbons (Fsp3) is 0.167. The highest BCUT2D eigenvalue weighted by atomic mass is 32.2. The van der Waals surface area contributed by atoms with Gasteiger partial charge >= 0.3 is 5.97 Å². The standard InChI is InChI=1S/C18H14N2O6S2/c21-16(22)6-3-8-19-17(23)15(28-18(19)27)10-14-12(7-9-26-14)11-4-1-2-5-13(11)20(24)25/h1-2,4-5,7,9-10H,3,6,8H2,(H,21,22). The molecule has 1 aliphatic heterocycles. The Labute approximate surface area is 169 Å². The van der Waals surface area contributed by atoms with Crippen molar-refractivity contribution in [2.75, 3.05) is 6.54 Å². The number of nitrogens with zero attached hydrogens (tertiary/aromatic N) is 2. The van der Waals surface area contributed by atoms with Crippen LogP contribution in [0.25, 0.3) is 17.2 Å². The zero-order chi connectivity index (χ0) is 20.3. The smallest absolute Gasteiger partial charge is 0.303 e. The number of aliphatic carboxylic acids is 1. The second kappa shape index (κ2) is 8.36. The Morgan fingerprint density at radius 1 is 1.32 bits per heavy atom. The quantitative estimate of drug-likeness (QED) is 0.311. The summed E-state index contributed by atoms with van der Waals surface area (Å²) in [6, 6.07) is 7.86. The molecule has 1 fully saturated rings. The summed E-state index contributed by atoms with van der Waals surface area (Å²) in [6.45, 7) is 0.212. The molecule has 1 N–H and O–H groups in total. The summed E-state index contributed by atoms with van der Waals surface area (Å²) in [6.07, 6.45) is 3.13. The van der Waals surface area contributed by atoms with Crippen molar-refractivity contribution in [3.05, 3.63) is 57.4 Å². The average Bonchev–Trinajstić information content (AvgIpc) is 3.21. The molecule has 0 unspecified atom stereocenters. The first-order valence-corrected chi connectivity index (χ1v) is 9.39. The van der Waals surface area contributed by atoms with Crippen molar-refractivity contribution in [1.82, 2.24) is 4.90 Å². The van der Waals surface area contributed by atoms with Gasteiger partial charge in [-0.05, 0) is 18.6 Å². The molecule has 2 aromatic rings. The zero-order valence-corrected chi connectivity index (χ0v) is 16.0. The van der Waals surface area contributed by atoms with Gasteiger partial charge in [0.05, 0.1) is 21.7 Å². The van der Waals surface area contributed by atoms with Gasteiger partial charge in [-0.3, -0.25) is 24.6 Å². The van der Waals surface area contributed by atoms with E-state index >= 15 is 0 Å². The van der Waals surface area contributed by atoms with Crippen molar-refractivity contribution in [1.29, 1.82) is 0 Å². The van der Waals surface area contributed by atoms with E-state index in [0.29, 0.717) is 26.1 Å². The number of furan rings is 1. The Balaban J connectivity index is 1.87. The van der Waals surface area contributed by atoms with Crippen LogP contribution in [0.5, 0.6) is 0 Å². The van der Waals surface area contributed by atoms with Gasteiger partial charge in [0.2, 0.25) is 0 Å². The lowest BCUT2D eigenvalue weighted by Crippen LogP contribution is -2.29. The topological polar surface area (TPSA) is 114 Å². The molecule has 10 heteroatoms. The molecule has 1 amide bonds. The number of para-hydroxylation sites is 1. The van der Waals surface area contributed by atoms with E-state index in [0.717, 1.165) is 11.8 Å². The minimum absolute atomic E-state index is 0.0594. The molecule has 1 aromatic carbocycles. The summed E-state index contributed by atoms with van der Waals surface area (Å²) in [5.41, 5.74) is 0.799. The van der Waals surface area contributed by atoms with E-state index in [1.165, 1.54) is 23.3 Å². The highest BCUT2D eigenvalue weighted by Crippen LogP contribution is 2.37. The molecule has 1 aliphatic rings. The van der Waals surface area contributed by atoms with Gasteiger partial charge in [-0.2, -0.15) is 0 Å². The molecule has 0 spiro atoms. The van der Waals surface area contributed by atoms with E-state index < -0.39 is 10.9 Å². The molecule has 1 aromatic heterocycles. The number of amides is 1. The molecule has 1 saturated heterocycles. The molecular weight excluding hydrogens is 404 g/mol. The fourth-order valence-electron chi connectivity index (χ4n) is 2.72. The molecule has 144 valence electrons. The van der Waals surface area contributed by atoms with Gasteiger partial charge in [-0.25, -0.2) is 0 Å². The molecular formula is C18H14N2O6S2. The normalized spacial score (nSPS) is 15.4. The molecule has 0 saturated carbocycles. The Hall–Kier alpha value is -2.98. The number of carboxylic acids is 1. The van der Waals surface area contributed by atoms with Crippen LogP contribution < -0.4 is 0 Å². The van der Waals surface area contributed by atoms with Crippen molar-refractivity contribution in [2.24, 2.45) is 0 Å². The molecule has 2 heterocycles. The van der Waals surface area contributed by atoms with E-state index in [-0.39, 0.29) is 31.0 Å². The number of carbonyl (C=O) groups is 2. The third-order valence-corrected chi connectivity index (χ3v) is 5.37. The number of rotatable bonds is 7. The number of carbonyl (C=O) groups excluding carboxylic acids is 1. The summed E-state index contributed by atoms with van der Waals surface area (Å²) in [7, 11) is 0. The first kappa shape index (κ1) is 19.8. The van der Waals surface area contributed by atoms with E-state index in [9.17, 15) is 19.7 Å². The fourth-order valence-corrected chi connectivity index (χ4v) is 4.00. The van der Waals surface area contributed by atoms with E-state index in [2.05, 4.69) is 0 Å². The lowest BCUT2D eigenvalue weighted by molar-refractivity contribution is -0.384. The molecule has 0 atom stereocenters. The minimum atomic E-state index is -0.939. The third-order valence-electron chi connectivity index (χ3n) is 3.99. The van der Waals surface area contributed by atoms with Crippen LogP contribution in [0.1, 0.15) is 18.6 Å². The highest BCUT2D eigenvalue weighted by Gasteiger charge is 2.32. The van der Waals surface area contributed by atoms with Crippen LogP contribution in [0.15, 0.2) is 45.9 Å². The van der Waals surface area contributed by atoms with Gasteiger partial charge in [-0.1, -0.05) is 36.1 Å². The molecule has 0 aliphatic carbocycles. The maximum absolute atomic E-state index is 12.6. The number of hydrogen-bond acceptors (Lipinski definition) is 7. The predicted molar refractivity (Wildman–Crippen MR) is 108 cm³/mol. The lowest BCUT2D eigenvalue weighted by atomic mass is 10.0. The molecule has 3 rings (SSSR count). The number of thioether (sulfide) groups is 1. The van der Waals surface area contributed by atoms with Crippen LogP contribution in [0.3, 0.4) is 0 Å². The number of benzene rings is 1. The Bertz CT molecular complexity index is 997. The van der Waals surface area contributed by atoms with Gasteiger partial charge in [0.1, 0.15) is 10.1 Å². The molecule has 0 bridgehead atoms. The number of nitro benzene ring substituents is 1. The van der Waals surface area contributed by atoms with Crippen LogP contribution in [-0.2, 0) is 9.59 Å². The van der Waals surface area contributed by atoms with Crippen LogP contribution in [0.2, 0.25) is 0 Å². The Morgan fingerprint density at radius 3 is 2.79 bits per heavy atom. The average molecular weight is 418 g/mol. The monoisotopic (exact) mass is 418 g/mol. The van der Waals surface area contributed by atoms with Gasteiger partial charge < -0.3 is 9.52 Å². The first-order valence-electron chi connectivity index (χ1n) is 8.17. The first-order chi connectivity index (χ1) is 13.4. The Kier molecular flexibility index (Phi) is 5.90. The predicted octanol–water partition coefficient (Wildman–Crippen LogP) is 3.92. The third kappa shape index (κ3) is 4.12. The molecule has 8 nitrogen and oxygen atoms in total. The summed E-state index contributed by atoms with van der Waals surface area (Å²) < 4.78 is 5.78. The van der Waals surface area contributed by atoms with E-state index in [1.54, 1.807) is 24.3 Å². The summed E-state index contributed by atoms with van der Waals surface area (Å²) >= 11 is 6.29. The van der Waals surface area contributed by atoms with Crippen LogP contribution in [0.4, 0.5) is 5.69 Å². The minimum Gasteiger partial charge on any atom is -0.481 e. The van der Waals surface area contributed by atoms with Gasteiger partial charge in [0.25, 0.3) is 11.6 Å². The second-order valence-corrected chi connectivity index (χ2v) is 7.48. The lowest BCUT2D eigenvalue weighted by Gasteiger charge is -2.13. The summed E-state index contributed by atoms with van der Waals surface area (Å²) in [5, 5.41) is 20.0. The van der Waals surface area contributed by atoms with Crippen molar-refractivity contribution >= 4 is 51.9 Å². The second-order valence-electron chi connectivity index (χ2n) is 5.80. The van der Waals surface area contributed by atoms with E-state index in [1.807, 2.05) is 0 Å². The SMILES string of the molecule is O=C(O)CCCN1C(=O)C(=Cc2occc2-c2ccccc2[N+](=O)[O-])SC1=S. The maximum Gasteiger partial charge on any atom is 0.303 e. The highest BCUT2D eigenvalue weighted by molar-refractivity contribution is 8.26. The molecule has 28 heavy (non-hydrogen) atoms. The van der Waals surface area contributed by atoms with Crippen molar-refractivity contribution in [3.8, 4) is 11.1 Å². The number of hydrogen-bond donors (Lipinski definition) is 1. The van der Waals surface area contributed by atoms with Crippen LogP contribution >= 0.6 is 24.0 Å². The number of thiocarbonyl (C=S) groups is 1. The zero-order valence-electron chi connectivity index (χ0n) is 14.4. The van der Waals surface area contributed by atoms with Crippen LogP contribution in [-0.4, -0.2) is 37.7 Å². The number of carboxylic acid groups (broad SMARTS) is 1. The van der Waals surface area contributed by atoms with Gasteiger partial charge in [-0.15, -0.1) is 0 Å². The van der Waals surface area contributed by atoms with E-state index in [4.69, 9.17) is 21.7 Å². The van der Waals surface area contributed by atoms with Crippen molar-refractivity contribution in [2.45, 2.75) is 12.8 Å². The van der Waals surface area contributed by atoms with Crippen molar-refractivity contribution < 1.29 is 24.0 Å². The number of nitro groups is 1. The largest absolute Gasteiger partial charge is 0.481 e. The summed E-state index contributed by atoms with van der Waals surface area (Å²) in [4.78, 5) is 35.7.